The maximum atomic E-state index is 12.2. The Kier molecular flexibility index (Phi) is 4.71. The molecule has 0 spiro atoms. The van der Waals surface area contributed by atoms with Crippen molar-refractivity contribution in [3.63, 3.8) is 0 Å². The van der Waals surface area contributed by atoms with E-state index < -0.39 is 0 Å². The molecule has 1 amide bonds. The van der Waals surface area contributed by atoms with Crippen molar-refractivity contribution in [3.8, 4) is 0 Å². The van der Waals surface area contributed by atoms with Gasteiger partial charge in [0.15, 0.2) is 4.34 Å². The van der Waals surface area contributed by atoms with Crippen LogP contribution in [0.5, 0.6) is 0 Å². The molecule has 2 aromatic carbocycles. The lowest BCUT2D eigenvalue weighted by molar-refractivity contribution is -0.138. The summed E-state index contributed by atoms with van der Waals surface area (Å²) in [5.74, 6) is 0.297. The fourth-order valence-corrected chi connectivity index (χ4v) is 7.39. The molecule has 150 valence electrons. The highest BCUT2D eigenvalue weighted by Crippen LogP contribution is 2.47. The molecule has 1 fully saturated rings. The minimum Gasteiger partial charge on any atom is -0.342 e. The summed E-state index contributed by atoms with van der Waals surface area (Å²) in [6, 6.07) is 13.7. The third-order valence-corrected chi connectivity index (χ3v) is 8.97. The lowest BCUT2D eigenvalue weighted by Crippen LogP contribution is -2.56. The van der Waals surface area contributed by atoms with Crippen molar-refractivity contribution >= 4 is 39.2 Å². The summed E-state index contributed by atoms with van der Waals surface area (Å²) in [6.07, 6.45) is 4.73. The van der Waals surface area contributed by atoms with E-state index in [-0.39, 0.29) is 5.41 Å². The minimum atomic E-state index is 0.0747. The van der Waals surface area contributed by atoms with Crippen LogP contribution in [0.4, 0.5) is 0 Å². The van der Waals surface area contributed by atoms with Gasteiger partial charge < -0.3 is 4.90 Å². The molecule has 0 N–H and O–H groups in total. The monoisotopic (exact) mass is 422 g/mol. The topological polar surface area (TPSA) is 33.2 Å². The molecule has 5 rings (SSSR count). The maximum Gasteiger partial charge on any atom is 0.222 e. The van der Waals surface area contributed by atoms with Crippen LogP contribution in [0.1, 0.15) is 49.8 Å². The first kappa shape index (κ1) is 19.1. The predicted molar refractivity (Wildman–Crippen MR) is 121 cm³/mol. The van der Waals surface area contributed by atoms with Crippen molar-refractivity contribution in [2.75, 3.05) is 7.05 Å². The fourth-order valence-electron chi connectivity index (χ4n) is 5.24. The highest BCUT2D eigenvalue weighted by atomic mass is 32.2. The van der Waals surface area contributed by atoms with Gasteiger partial charge in [0.05, 0.1) is 10.2 Å². The molecule has 1 aromatic heterocycles. The Bertz CT molecular complexity index is 1110. The van der Waals surface area contributed by atoms with E-state index >= 15 is 0 Å². The van der Waals surface area contributed by atoms with Crippen molar-refractivity contribution in [2.24, 2.45) is 0 Å². The Labute approximate surface area is 180 Å². The zero-order valence-electron chi connectivity index (χ0n) is 17.2. The van der Waals surface area contributed by atoms with E-state index in [1.54, 1.807) is 23.1 Å². The van der Waals surface area contributed by atoms with Crippen molar-refractivity contribution < 1.29 is 4.79 Å². The lowest BCUT2D eigenvalue weighted by atomic mass is 9.63. The van der Waals surface area contributed by atoms with Crippen molar-refractivity contribution in [1.29, 1.82) is 0 Å². The first-order valence-corrected chi connectivity index (χ1v) is 12.1. The number of carbonyl (C=O) groups is 1. The van der Waals surface area contributed by atoms with Crippen LogP contribution in [0.2, 0.25) is 0 Å². The Morgan fingerprint density at radius 1 is 1.28 bits per heavy atom. The van der Waals surface area contributed by atoms with Gasteiger partial charge in [0, 0.05) is 29.8 Å². The summed E-state index contributed by atoms with van der Waals surface area (Å²) in [5.41, 5.74) is 5.45. The maximum absolute atomic E-state index is 12.2. The first-order chi connectivity index (χ1) is 14.0. The summed E-state index contributed by atoms with van der Waals surface area (Å²) in [6.45, 7) is 4.54. The first-order valence-electron chi connectivity index (χ1n) is 10.4. The van der Waals surface area contributed by atoms with Gasteiger partial charge in [-0.15, -0.1) is 11.3 Å². The van der Waals surface area contributed by atoms with Crippen LogP contribution in [0.15, 0.2) is 45.6 Å². The van der Waals surface area contributed by atoms with E-state index in [1.807, 2.05) is 11.9 Å². The number of aromatic nitrogens is 1. The number of thiazole rings is 1. The Morgan fingerprint density at radius 2 is 2.14 bits per heavy atom. The van der Waals surface area contributed by atoms with Crippen LogP contribution in [-0.4, -0.2) is 28.9 Å². The Hall–Kier alpha value is -1.85. The second-order valence-corrected chi connectivity index (χ2v) is 10.8. The average molecular weight is 423 g/mol. The molecule has 0 radical (unpaired) electrons. The van der Waals surface area contributed by atoms with Gasteiger partial charge >= 0.3 is 0 Å². The predicted octanol–water partition coefficient (Wildman–Crippen LogP) is 5.83. The smallest absolute Gasteiger partial charge is 0.222 e. The molecule has 0 saturated carbocycles. The summed E-state index contributed by atoms with van der Waals surface area (Å²) in [4.78, 5) is 20.4. The average Bonchev–Trinajstić information content (AvgIpc) is 3.13. The fraction of sp³-hybridized carbons (Fsp3) is 0.417. The molecule has 3 nitrogen and oxygen atoms in total. The second kappa shape index (κ2) is 7.13. The number of fused-ring (bicyclic) bond motifs is 4. The Morgan fingerprint density at radius 3 is 2.97 bits per heavy atom. The van der Waals surface area contributed by atoms with Gasteiger partial charge in [-0.1, -0.05) is 43.8 Å². The van der Waals surface area contributed by atoms with E-state index in [1.165, 1.54) is 26.3 Å². The van der Waals surface area contributed by atoms with E-state index in [0.29, 0.717) is 18.4 Å². The number of hydrogen-bond donors (Lipinski definition) is 0. The van der Waals surface area contributed by atoms with Gasteiger partial charge in [-0.05, 0) is 60.6 Å². The van der Waals surface area contributed by atoms with Gasteiger partial charge in [-0.25, -0.2) is 4.98 Å². The number of carbonyl (C=O) groups excluding carboxylic acids is 1. The van der Waals surface area contributed by atoms with Crippen LogP contribution in [0.3, 0.4) is 0 Å². The summed E-state index contributed by atoms with van der Waals surface area (Å²) in [7, 11) is 1.98. The number of rotatable bonds is 3. The molecule has 2 atom stereocenters. The van der Waals surface area contributed by atoms with Gasteiger partial charge in [0.25, 0.3) is 0 Å². The summed E-state index contributed by atoms with van der Waals surface area (Å²) in [5, 5.41) is 0. The van der Waals surface area contributed by atoms with E-state index in [4.69, 9.17) is 4.98 Å². The van der Waals surface area contributed by atoms with Crippen LogP contribution in [-0.2, 0) is 23.1 Å². The molecule has 29 heavy (non-hydrogen) atoms. The molecule has 1 saturated heterocycles. The van der Waals surface area contributed by atoms with Crippen LogP contribution in [0, 0.1) is 0 Å². The van der Waals surface area contributed by atoms with Crippen molar-refractivity contribution in [2.45, 2.75) is 66.6 Å². The molecule has 2 heterocycles. The van der Waals surface area contributed by atoms with Gasteiger partial charge in [-0.2, -0.15) is 0 Å². The number of piperidine rings is 1. The zero-order chi connectivity index (χ0) is 20.2. The van der Waals surface area contributed by atoms with Crippen molar-refractivity contribution in [3.05, 3.63) is 53.1 Å². The highest BCUT2D eigenvalue weighted by Gasteiger charge is 2.46. The normalized spacial score (nSPS) is 23.9. The lowest BCUT2D eigenvalue weighted by Gasteiger charge is -2.50. The molecule has 0 unspecified atom stereocenters. The molecule has 2 aliphatic rings. The third-order valence-electron chi connectivity index (χ3n) is 6.90. The van der Waals surface area contributed by atoms with Gasteiger partial charge in [0.1, 0.15) is 0 Å². The third kappa shape index (κ3) is 3.10. The summed E-state index contributed by atoms with van der Waals surface area (Å²) < 4.78 is 2.39. The number of likely N-dealkylation sites (tertiary alicyclic amines) is 1. The van der Waals surface area contributed by atoms with Gasteiger partial charge in [0.2, 0.25) is 5.91 Å². The molecule has 3 aromatic rings. The number of hydrogen-bond acceptors (Lipinski definition) is 4. The number of likely N-dealkylation sites (N-methyl/N-ethyl adjacent to an activating group) is 1. The number of aryl methyl sites for hydroxylation is 2. The van der Waals surface area contributed by atoms with E-state index in [2.05, 4.69) is 50.2 Å². The molecular weight excluding hydrogens is 396 g/mol. The standard InChI is InChI=1S/C24H26N2OS2/c1-4-15-6-5-7-19-22(15)25-23(29-19)28-17-9-10-18-16(14-17)8-11-20-24(18,2)13-12-21(27)26(20)3/h5-7,9-10,14,20H,4,8,11-13H2,1-3H3/t20-,24+/m0/s1. The number of benzene rings is 2. The quantitative estimate of drug-likeness (QED) is 0.532. The number of amides is 1. The molecular formula is C24H26N2OS2. The van der Waals surface area contributed by atoms with Crippen LogP contribution >= 0.6 is 23.1 Å². The van der Waals surface area contributed by atoms with Gasteiger partial charge in [-0.3, -0.25) is 4.79 Å². The zero-order valence-corrected chi connectivity index (χ0v) is 18.8. The minimum absolute atomic E-state index is 0.0747. The molecule has 1 aliphatic heterocycles. The van der Waals surface area contributed by atoms with Crippen LogP contribution in [0.25, 0.3) is 10.2 Å². The molecule has 0 bridgehead atoms. The largest absolute Gasteiger partial charge is 0.342 e. The molecule has 1 aliphatic carbocycles. The number of nitrogens with zero attached hydrogens (tertiary/aromatic N) is 2. The molecule has 5 heteroatoms. The number of para-hydroxylation sites is 1. The van der Waals surface area contributed by atoms with E-state index in [9.17, 15) is 4.79 Å². The summed E-state index contributed by atoms with van der Waals surface area (Å²) >= 11 is 3.56. The second-order valence-electron chi connectivity index (χ2n) is 8.49. The Balaban J connectivity index is 1.46. The van der Waals surface area contributed by atoms with E-state index in [0.717, 1.165) is 35.5 Å². The SMILES string of the molecule is CCc1cccc2sc(Sc3ccc4c(c3)CC[C@@H]3N(C)C(=O)CC[C@]43C)nc12. The van der Waals surface area contributed by atoms with Crippen molar-refractivity contribution in [1.82, 2.24) is 9.88 Å². The van der Waals surface area contributed by atoms with Crippen LogP contribution < -0.4 is 0 Å². The highest BCUT2D eigenvalue weighted by molar-refractivity contribution is 8.01.